The lowest BCUT2D eigenvalue weighted by atomic mass is 10.1. The van der Waals surface area contributed by atoms with Crippen LogP contribution in [0.25, 0.3) is 0 Å². The molecule has 1 atom stereocenters. The standard InChI is InChI=1S/C11H16O2/c1-3-10(4-2)13-11-7-5-6-9(12)8-11/h3,8,10H,1,4-7H2,2H3. The first-order valence-electron chi connectivity index (χ1n) is 4.79. The van der Waals surface area contributed by atoms with E-state index in [9.17, 15) is 4.79 Å². The Bertz CT molecular complexity index is 228. The van der Waals surface area contributed by atoms with Crippen LogP contribution in [0.4, 0.5) is 0 Å². The van der Waals surface area contributed by atoms with Crippen molar-refractivity contribution in [3.8, 4) is 0 Å². The van der Waals surface area contributed by atoms with Gasteiger partial charge in [0.25, 0.3) is 0 Å². The third-order valence-electron chi connectivity index (χ3n) is 2.14. The number of carbonyl (C=O) groups excluding carboxylic acids is 1. The molecule has 0 bridgehead atoms. The lowest BCUT2D eigenvalue weighted by molar-refractivity contribution is -0.115. The first kappa shape index (κ1) is 10.0. The molecule has 0 heterocycles. The summed E-state index contributed by atoms with van der Waals surface area (Å²) in [5, 5.41) is 0. The van der Waals surface area contributed by atoms with Gasteiger partial charge < -0.3 is 4.74 Å². The quantitative estimate of drug-likeness (QED) is 0.621. The molecule has 2 nitrogen and oxygen atoms in total. The SMILES string of the molecule is C=CC(CC)OC1=CC(=O)CCC1. The number of hydrogen-bond acceptors (Lipinski definition) is 2. The smallest absolute Gasteiger partial charge is 0.159 e. The minimum Gasteiger partial charge on any atom is -0.491 e. The average molecular weight is 180 g/mol. The zero-order chi connectivity index (χ0) is 9.68. The Morgan fingerprint density at radius 3 is 3.00 bits per heavy atom. The van der Waals surface area contributed by atoms with Gasteiger partial charge in [-0.25, -0.2) is 0 Å². The van der Waals surface area contributed by atoms with E-state index in [1.165, 1.54) is 0 Å². The van der Waals surface area contributed by atoms with E-state index in [4.69, 9.17) is 4.74 Å². The summed E-state index contributed by atoms with van der Waals surface area (Å²) in [7, 11) is 0. The summed E-state index contributed by atoms with van der Waals surface area (Å²) in [5.74, 6) is 1.00. The third kappa shape index (κ3) is 3.05. The summed E-state index contributed by atoms with van der Waals surface area (Å²) >= 11 is 0. The minimum absolute atomic E-state index is 0.0529. The van der Waals surface area contributed by atoms with Crippen molar-refractivity contribution in [2.45, 2.75) is 38.7 Å². The van der Waals surface area contributed by atoms with Gasteiger partial charge >= 0.3 is 0 Å². The Kier molecular flexibility index (Phi) is 3.74. The van der Waals surface area contributed by atoms with Crippen LogP contribution < -0.4 is 0 Å². The van der Waals surface area contributed by atoms with Crippen LogP contribution in [0.3, 0.4) is 0 Å². The molecule has 0 amide bonds. The van der Waals surface area contributed by atoms with Crippen molar-refractivity contribution >= 4 is 5.78 Å². The number of carbonyl (C=O) groups is 1. The molecule has 0 fully saturated rings. The van der Waals surface area contributed by atoms with Crippen molar-refractivity contribution in [2.24, 2.45) is 0 Å². The normalized spacial score (nSPS) is 19.2. The van der Waals surface area contributed by atoms with E-state index in [0.29, 0.717) is 6.42 Å². The molecular formula is C11H16O2. The van der Waals surface area contributed by atoms with E-state index >= 15 is 0 Å². The van der Waals surface area contributed by atoms with E-state index in [1.807, 2.05) is 6.92 Å². The number of allylic oxidation sites excluding steroid dienone is 2. The maximum absolute atomic E-state index is 11.0. The van der Waals surface area contributed by atoms with Crippen molar-refractivity contribution in [2.75, 3.05) is 0 Å². The highest BCUT2D eigenvalue weighted by Gasteiger charge is 2.13. The maximum Gasteiger partial charge on any atom is 0.159 e. The van der Waals surface area contributed by atoms with Gasteiger partial charge in [-0.3, -0.25) is 4.79 Å². The van der Waals surface area contributed by atoms with Gasteiger partial charge in [0.05, 0.1) is 0 Å². The highest BCUT2D eigenvalue weighted by molar-refractivity contribution is 5.90. The monoisotopic (exact) mass is 180 g/mol. The summed E-state index contributed by atoms with van der Waals surface area (Å²) in [4.78, 5) is 11.0. The fraction of sp³-hybridized carbons (Fsp3) is 0.545. The van der Waals surface area contributed by atoms with E-state index in [1.54, 1.807) is 12.2 Å². The largest absolute Gasteiger partial charge is 0.491 e. The van der Waals surface area contributed by atoms with Crippen LogP contribution in [-0.2, 0) is 9.53 Å². The molecular weight excluding hydrogens is 164 g/mol. The van der Waals surface area contributed by atoms with Crippen molar-refractivity contribution in [3.63, 3.8) is 0 Å². The van der Waals surface area contributed by atoms with Gasteiger partial charge in [0.15, 0.2) is 5.78 Å². The zero-order valence-corrected chi connectivity index (χ0v) is 8.08. The molecule has 0 radical (unpaired) electrons. The molecule has 0 aliphatic heterocycles. The molecule has 0 aromatic heterocycles. The van der Waals surface area contributed by atoms with Crippen LogP contribution in [0, 0.1) is 0 Å². The van der Waals surface area contributed by atoms with E-state index in [0.717, 1.165) is 25.0 Å². The molecule has 1 unspecified atom stereocenters. The summed E-state index contributed by atoms with van der Waals surface area (Å²) in [5.41, 5.74) is 0. The topological polar surface area (TPSA) is 26.3 Å². The molecule has 13 heavy (non-hydrogen) atoms. The Hall–Kier alpha value is -1.05. The first-order chi connectivity index (χ1) is 6.26. The van der Waals surface area contributed by atoms with Gasteiger partial charge in [-0.2, -0.15) is 0 Å². The van der Waals surface area contributed by atoms with Gasteiger partial charge in [0, 0.05) is 18.9 Å². The summed E-state index contributed by atoms with van der Waals surface area (Å²) in [6.45, 7) is 5.72. The summed E-state index contributed by atoms with van der Waals surface area (Å²) in [6, 6.07) is 0. The molecule has 0 saturated carbocycles. The van der Waals surface area contributed by atoms with Crippen molar-refractivity contribution in [3.05, 3.63) is 24.5 Å². The van der Waals surface area contributed by atoms with Gasteiger partial charge in [0.1, 0.15) is 11.9 Å². The summed E-state index contributed by atoms with van der Waals surface area (Å²) < 4.78 is 5.58. The van der Waals surface area contributed by atoms with E-state index in [-0.39, 0.29) is 11.9 Å². The van der Waals surface area contributed by atoms with Crippen molar-refractivity contribution in [1.82, 2.24) is 0 Å². The highest BCUT2D eigenvalue weighted by atomic mass is 16.5. The lowest BCUT2D eigenvalue weighted by Crippen LogP contribution is -2.12. The average Bonchev–Trinajstić information content (AvgIpc) is 2.14. The number of hydrogen-bond donors (Lipinski definition) is 0. The number of ketones is 1. The van der Waals surface area contributed by atoms with Crippen LogP contribution in [0.5, 0.6) is 0 Å². The molecule has 1 aliphatic carbocycles. The zero-order valence-electron chi connectivity index (χ0n) is 8.08. The van der Waals surface area contributed by atoms with Crippen LogP contribution in [0.2, 0.25) is 0 Å². The Labute approximate surface area is 79.3 Å². The van der Waals surface area contributed by atoms with Gasteiger partial charge in [0.2, 0.25) is 0 Å². The Balaban J connectivity index is 2.51. The van der Waals surface area contributed by atoms with Crippen molar-refractivity contribution in [1.29, 1.82) is 0 Å². The van der Waals surface area contributed by atoms with E-state index < -0.39 is 0 Å². The fourth-order valence-electron chi connectivity index (χ4n) is 1.35. The van der Waals surface area contributed by atoms with Crippen LogP contribution in [0.1, 0.15) is 32.6 Å². The number of rotatable bonds is 4. The Morgan fingerprint density at radius 2 is 2.46 bits per heavy atom. The van der Waals surface area contributed by atoms with Crippen LogP contribution in [-0.4, -0.2) is 11.9 Å². The predicted octanol–water partition coefficient (Wildman–Crippen LogP) is 2.60. The van der Waals surface area contributed by atoms with Crippen molar-refractivity contribution < 1.29 is 9.53 Å². The Morgan fingerprint density at radius 1 is 1.69 bits per heavy atom. The van der Waals surface area contributed by atoms with Gasteiger partial charge in [-0.05, 0) is 12.8 Å². The molecule has 0 aromatic rings. The lowest BCUT2D eigenvalue weighted by Gasteiger charge is -2.18. The maximum atomic E-state index is 11.0. The minimum atomic E-state index is 0.0529. The first-order valence-corrected chi connectivity index (χ1v) is 4.79. The van der Waals surface area contributed by atoms with E-state index in [2.05, 4.69) is 6.58 Å². The van der Waals surface area contributed by atoms with Crippen LogP contribution >= 0.6 is 0 Å². The second-order valence-electron chi connectivity index (χ2n) is 3.23. The van der Waals surface area contributed by atoms with Crippen LogP contribution in [0.15, 0.2) is 24.5 Å². The fourth-order valence-corrected chi connectivity index (χ4v) is 1.35. The molecule has 0 saturated heterocycles. The highest BCUT2D eigenvalue weighted by Crippen LogP contribution is 2.18. The molecule has 0 spiro atoms. The molecule has 0 N–H and O–H groups in total. The third-order valence-corrected chi connectivity index (χ3v) is 2.14. The second kappa shape index (κ2) is 4.85. The predicted molar refractivity (Wildman–Crippen MR) is 52.3 cm³/mol. The summed E-state index contributed by atoms with van der Waals surface area (Å²) in [6.07, 6.45) is 6.81. The molecule has 2 heteroatoms. The molecule has 72 valence electrons. The number of ether oxygens (including phenoxy) is 1. The molecule has 1 rings (SSSR count). The molecule has 0 aromatic carbocycles. The molecule has 1 aliphatic rings. The van der Waals surface area contributed by atoms with Gasteiger partial charge in [-0.1, -0.05) is 19.6 Å². The second-order valence-corrected chi connectivity index (χ2v) is 3.23. The van der Waals surface area contributed by atoms with Gasteiger partial charge in [-0.15, -0.1) is 0 Å².